The van der Waals surface area contributed by atoms with Crippen LogP contribution in [0.3, 0.4) is 0 Å². The van der Waals surface area contributed by atoms with Gasteiger partial charge in [-0.15, -0.1) is 0 Å². The van der Waals surface area contributed by atoms with Gasteiger partial charge in [0.15, 0.2) is 11.5 Å². The van der Waals surface area contributed by atoms with E-state index in [2.05, 4.69) is 5.32 Å². The standard InChI is InChI=1S/C25H34N2O5S/c1-5-19-8-7-9-20(6-2)25(19)26-24(28)17-27(13-12-18(3)4)33(29,30)21-10-11-22-23(16-21)32-15-14-31-22/h7-11,16,18H,5-6,12-15,17H2,1-4H3,(H,26,28). The summed E-state index contributed by atoms with van der Waals surface area (Å²) in [4.78, 5) is 13.1. The van der Waals surface area contributed by atoms with Gasteiger partial charge in [-0.25, -0.2) is 8.42 Å². The number of sulfonamides is 1. The first-order valence-electron chi connectivity index (χ1n) is 11.6. The summed E-state index contributed by atoms with van der Waals surface area (Å²) in [7, 11) is -3.91. The molecule has 180 valence electrons. The quantitative estimate of drug-likeness (QED) is 0.556. The molecule has 1 N–H and O–H groups in total. The number of nitrogens with zero attached hydrogens (tertiary/aromatic N) is 1. The maximum absolute atomic E-state index is 13.5. The fourth-order valence-electron chi connectivity index (χ4n) is 3.76. The van der Waals surface area contributed by atoms with Crippen molar-refractivity contribution >= 4 is 21.6 Å². The van der Waals surface area contributed by atoms with Gasteiger partial charge in [0, 0.05) is 18.3 Å². The Labute approximate surface area is 197 Å². The highest BCUT2D eigenvalue weighted by Crippen LogP contribution is 2.33. The summed E-state index contributed by atoms with van der Waals surface area (Å²) in [5, 5.41) is 2.98. The van der Waals surface area contributed by atoms with E-state index in [9.17, 15) is 13.2 Å². The van der Waals surface area contributed by atoms with Crippen molar-refractivity contribution in [1.29, 1.82) is 0 Å². The molecule has 1 heterocycles. The van der Waals surface area contributed by atoms with Crippen LogP contribution < -0.4 is 14.8 Å². The zero-order valence-electron chi connectivity index (χ0n) is 19.9. The third kappa shape index (κ3) is 6.06. The maximum atomic E-state index is 13.5. The van der Waals surface area contributed by atoms with Crippen molar-refractivity contribution in [2.45, 2.75) is 51.9 Å². The van der Waals surface area contributed by atoms with Crippen LogP contribution in [0.5, 0.6) is 11.5 Å². The number of aryl methyl sites for hydroxylation is 2. The highest BCUT2D eigenvalue weighted by Gasteiger charge is 2.28. The number of rotatable bonds is 10. The van der Waals surface area contributed by atoms with E-state index in [0.717, 1.165) is 29.7 Å². The van der Waals surface area contributed by atoms with Gasteiger partial charge in [-0.3, -0.25) is 4.79 Å². The first kappa shape index (κ1) is 25.1. The number of ether oxygens (including phenoxy) is 2. The second-order valence-corrected chi connectivity index (χ2v) is 10.5. The van der Waals surface area contributed by atoms with E-state index in [-0.39, 0.29) is 23.9 Å². The molecule has 0 saturated heterocycles. The van der Waals surface area contributed by atoms with Crippen LogP contribution in [0.25, 0.3) is 0 Å². The van der Waals surface area contributed by atoms with Crippen LogP contribution >= 0.6 is 0 Å². The molecular weight excluding hydrogens is 440 g/mol. The highest BCUT2D eigenvalue weighted by atomic mass is 32.2. The lowest BCUT2D eigenvalue weighted by Crippen LogP contribution is -2.39. The number of hydrogen-bond acceptors (Lipinski definition) is 5. The van der Waals surface area contributed by atoms with Gasteiger partial charge in [0.1, 0.15) is 13.2 Å². The van der Waals surface area contributed by atoms with Crippen molar-refractivity contribution < 1.29 is 22.7 Å². The average molecular weight is 475 g/mol. The molecule has 33 heavy (non-hydrogen) atoms. The molecule has 0 aliphatic carbocycles. The molecular formula is C25H34N2O5S. The molecule has 0 spiro atoms. The lowest BCUT2D eigenvalue weighted by atomic mass is 10.0. The molecule has 0 bridgehead atoms. The van der Waals surface area contributed by atoms with Gasteiger partial charge in [0.05, 0.1) is 11.4 Å². The molecule has 0 fully saturated rings. The van der Waals surface area contributed by atoms with Crippen LogP contribution in [-0.4, -0.2) is 44.9 Å². The molecule has 0 saturated carbocycles. The minimum absolute atomic E-state index is 0.0894. The lowest BCUT2D eigenvalue weighted by molar-refractivity contribution is -0.116. The third-order valence-corrected chi connectivity index (χ3v) is 7.53. The molecule has 3 rings (SSSR count). The van der Waals surface area contributed by atoms with Gasteiger partial charge < -0.3 is 14.8 Å². The van der Waals surface area contributed by atoms with Gasteiger partial charge in [0.25, 0.3) is 0 Å². The Kier molecular flexibility index (Phi) is 8.37. The summed E-state index contributed by atoms with van der Waals surface area (Å²) >= 11 is 0. The number of fused-ring (bicyclic) bond motifs is 1. The van der Waals surface area contributed by atoms with Crippen LogP contribution in [0.1, 0.15) is 45.2 Å². The number of amides is 1. The van der Waals surface area contributed by atoms with Crippen molar-refractivity contribution in [3.63, 3.8) is 0 Å². The Hall–Kier alpha value is -2.58. The summed E-state index contributed by atoms with van der Waals surface area (Å²) in [6.07, 6.45) is 2.19. The third-order valence-electron chi connectivity index (χ3n) is 5.69. The molecule has 0 atom stereocenters. The monoisotopic (exact) mass is 474 g/mol. The van der Waals surface area contributed by atoms with E-state index in [4.69, 9.17) is 9.47 Å². The van der Waals surface area contributed by atoms with E-state index in [1.54, 1.807) is 6.07 Å². The first-order chi connectivity index (χ1) is 15.8. The van der Waals surface area contributed by atoms with E-state index < -0.39 is 10.0 Å². The molecule has 8 heteroatoms. The van der Waals surface area contributed by atoms with Gasteiger partial charge in [0.2, 0.25) is 15.9 Å². The van der Waals surface area contributed by atoms with Crippen LogP contribution in [0.4, 0.5) is 5.69 Å². The predicted octanol–water partition coefficient (Wildman–Crippen LogP) is 4.26. The second-order valence-electron chi connectivity index (χ2n) is 8.53. The molecule has 1 aliphatic rings. The number of para-hydroxylation sites is 1. The van der Waals surface area contributed by atoms with E-state index in [1.807, 2.05) is 45.9 Å². The first-order valence-corrected chi connectivity index (χ1v) is 13.0. The Morgan fingerprint density at radius 1 is 1.03 bits per heavy atom. The summed E-state index contributed by atoms with van der Waals surface area (Å²) < 4.78 is 39.4. The maximum Gasteiger partial charge on any atom is 0.243 e. The lowest BCUT2D eigenvalue weighted by Gasteiger charge is -2.24. The fraction of sp³-hybridized carbons (Fsp3) is 0.480. The molecule has 2 aromatic rings. The second kappa shape index (κ2) is 11.0. The molecule has 0 aromatic heterocycles. The topological polar surface area (TPSA) is 84.9 Å². The molecule has 7 nitrogen and oxygen atoms in total. The minimum atomic E-state index is -3.91. The minimum Gasteiger partial charge on any atom is -0.486 e. The number of hydrogen-bond donors (Lipinski definition) is 1. The molecule has 1 amide bonds. The zero-order chi connectivity index (χ0) is 24.0. The summed E-state index contributed by atoms with van der Waals surface area (Å²) in [5.41, 5.74) is 2.85. The highest BCUT2D eigenvalue weighted by molar-refractivity contribution is 7.89. The van der Waals surface area contributed by atoms with Crippen molar-refractivity contribution in [1.82, 2.24) is 4.31 Å². The van der Waals surface area contributed by atoms with Gasteiger partial charge in [-0.1, -0.05) is 45.9 Å². The molecule has 0 unspecified atom stereocenters. The van der Waals surface area contributed by atoms with Gasteiger partial charge in [-0.05, 0) is 48.4 Å². The fourth-order valence-corrected chi connectivity index (χ4v) is 5.19. The van der Waals surface area contributed by atoms with E-state index >= 15 is 0 Å². The Morgan fingerprint density at radius 2 is 1.67 bits per heavy atom. The van der Waals surface area contributed by atoms with Crippen LogP contribution in [0.15, 0.2) is 41.3 Å². The number of benzene rings is 2. The van der Waals surface area contributed by atoms with Crippen LogP contribution in [0, 0.1) is 5.92 Å². The number of carbonyl (C=O) groups excluding carboxylic acids is 1. The Bertz CT molecular complexity index is 1060. The van der Waals surface area contributed by atoms with E-state index in [1.165, 1.54) is 16.4 Å². The van der Waals surface area contributed by atoms with E-state index in [0.29, 0.717) is 37.1 Å². The van der Waals surface area contributed by atoms with Crippen molar-refractivity contribution in [2.75, 3.05) is 31.6 Å². The van der Waals surface area contributed by atoms with Crippen molar-refractivity contribution in [2.24, 2.45) is 5.92 Å². The average Bonchev–Trinajstić information content (AvgIpc) is 2.81. The number of carbonyl (C=O) groups is 1. The molecule has 2 aromatic carbocycles. The normalized spacial score (nSPS) is 13.4. The van der Waals surface area contributed by atoms with Crippen LogP contribution in [0.2, 0.25) is 0 Å². The van der Waals surface area contributed by atoms with Gasteiger partial charge in [-0.2, -0.15) is 4.31 Å². The SMILES string of the molecule is CCc1cccc(CC)c1NC(=O)CN(CCC(C)C)S(=O)(=O)c1ccc2c(c1)OCCO2. The Morgan fingerprint density at radius 3 is 2.27 bits per heavy atom. The zero-order valence-corrected chi connectivity index (χ0v) is 20.7. The number of anilines is 1. The van der Waals surface area contributed by atoms with Gasteiger partial charge >= 0.3 is 0 Å². The molecule has 0 radical (unpaired) electrons. The number of nitrogens with one attached hydrogen (secondary N) is 1. The summed E-state index contributed by atoms with van der Waals surface area (Å²) in [6, 6.07) is 10.5. The largest absolute Gasteiger partial charge is 0.486 e. The van der Waals surface area contributed by atoms with Crippen molar-refractivity contribution in [3.05, 3.63) is 47.5 Å². The van der Waals surface area contributed by atoms with Crippen molar-refractivity contribution in [3.8, 4) is 11.5 Å². The van der Waals surface area contributed by atoms with Crippen LogP contribution in [-0.2, 0) is 27.7 Å². The Balaban J connectivity index is 1.86. The summed E-state index contributed by atoms with van der Waals surface area (Å²) in [5.74, 6) is 0.865. The predicted molar refractivity (Wildman–Crippen MR) is 129 cm³/mol. The summed E-state index contributed by atoms with van der Waals surface area (Å²) in [6.45, 7) is 8.91. The molecule has 1 aliphatic heterocycles. The smallest absolute Gasteiger partial charge is 0.243 e.